The van der Waals surface area contributed by atoms with E-state index in [1.165, 1.54) is 0 Å². The van der Waals surface area contributed by atoms with E-state index in [-0.39, 0.29) is 30.5 Å². The predicted octanol–water partition coefficient (Wildman–Crippen LogP) is 1.09. The Labute approximate surface area is 195 Å². The summed E-state index contributed by atoms with van der Waals surface area (Å²) in [6.45, 7) is 4.77. The minimum Gasteiger partial charge on any atom is -0.455 e. The molecule has 174 valence electrons. The van der Waals surface area contributed by atoms with Gasteiger partial charge in [-0.1, -0.05) is 18.2 Å². The zero-order chi connectivity index (χ0) is 23.7. The number of aromatic nitrogens is 4. The molecule has 10 heteroatoms. The Balaban J connectivity index is 1.28. The quantitative estimate of drug-likeness (QED) is 0.456. The van der Waals surface area contributed by atoms with Crippen LogP contribution in [0.2, 0.25) is 0 Å². The van der Waals surface area contributed by atoms with Crippen molar-refractivity contribution < 1.29 is 19.1 Å². The number of carbonyl (C=O) groups is 3. The molecule has 2 saturated heterocycles. The van der Waals surface area contributed by atoms with Gasteiger partial charge < -0.3 is 15.0 Å². The number of benzene rings is 1. The van der Waals surface area contributed by atoms with Crippen LogP contribution in [0.5, 0.6) is 0 Å². The fourth-order valence-electron chi connectivity index (χ4n) is 5.37. The van der Waals surface area contributed by atoms with Gasteiger partial charge in [-0.3, -0.25) is 14.4 Å². The van der Waals surface area contributed by atoms with E-state index in [9.17, 15) is 14.4 Å². The number of anilines is 1. The van der Waals surface area contributed by atoms with Gasteiger partial charge in [0.25, 0.3) is 0 Å². The number of carbonyl (C=O) groups excluding carboxylic acids is 3. The van der Waals surface area contributed by atoms with E-state index in [1.54, 1.807) is 16.9 Å². The molecule has 5 heterocycles. The Morgan fingerprint density at radius 3 is 2.82 bits per heavy atom. The maximum absolute atomic E-state index is 12.4. The summed E-state index contributed by atoms with van der Waals surface area (Å²) < 4.78 is 7.18. The number of amides is 1. The molecule has 2 fully saturated rings. The molecule has 1 aromatic carbocycles. The second-order valence-electron chi connectivity index (χ2n) is 9.78. The number of ketones is 1. The first-order chi connectivity index (χ1) is 16.2. The molecular formula is C24H24N6O4. The molecule has 1 amide bonds. The zero-order valence-corrected chi connectivity index (χ0v) is 19.0. The fourth-order valence-corrected chi connectivity index (χ4v) is 5.37. The van der Waals surface area contributed by atoms with E-state index in [0.29, 0.717) is 43.2 Å². The lowest BCUT2D eigenvalue weighted by Gasteiger charge is -2.32. The molecule has 6 rings (SSSR count). The van der Waals surface area contributed by atoms with Crippen LogP contribution in [0.25, 0.3) is 5.65 Å². The number of Topliss-reactive ketones (excluding diaryl/α,β-unsaturated/α-hetero) is 1. The molecule has 1 atom stereocenters. The lowest BCUT2D eigenvalue weighted by molar-refractivity contribution is -0.159. The van der Waals surface area contributed by atoms with E-state index in [0.717, 1.165) is 16.7 Å². The van der Waals surface area contributed by atoms with Crippen molar-refractivity contribution in [3.8, 4) is 0 Å². The number of nitrogens with zero attached hydrogens (tertiary/aromatic N) is 5. The SMILES string of the molecule is CC1(C)OC(=O)Cc2cc(Cc3nc4c(N5CCC6(C5)NC(=O)CC6=O)nccn4n3)ccc21. The molecule has 2 aromatic heterocycles. The molecule has 3 aliphatic heterocycles. The van der Waals surface area contributed by atoms with E-state index >= 15 is 0 Å². The third kappa shape index (κ3) is 3.24. The van der Waals surface area contributed by atoms with Crippen LogP contribution in [0.15, 0.2) is 30.6 Å². The molecular weight excluding hydrogens is 436 g/mol. The minimum absolute atomic E-state index is 0.0593. The Morgan fingerprint density at radius 1 is 1.18 bits per heavy atom. The zero-order valence-electron chi connectivity index (χ0n) is 19.0. The molecule has 3 aliphatic rings. The highest BCUT2D eigenvalue weighted by Crippen LogP contribution is 2.34. The lowest BCUT2D eigenvalue weighted by atomic mass is 9.87. The number of ether oxygens (including phenoxy) is 1. The second kappa shape index (κ2) is 7.09. The van der Waals surface area contributed by atoms with Crippen LogP contribution in [0, 0.1) is 0 Å². The number of hydrogen-bond acceptors (Lipinski definition) is 8. The summed E-state index contributed by atoms with van der Waals surface area (Å²) in [6.07, 6.45) is 4.65. The van der Waals surface area contributed by atoms with Crippen LogP contribution in [-0.4, -0.2) is 55.9 Å². The summed E-state index contributed by atoms with van der Waals surface area (Å²) in [5.41, 5.74) is 2.13. The van der Waals surface area contributed by atoms with Gasteiger partial charge in [-0.15, -0.1) is 0 Å². The summed E-state index contributed by atoms with van der Waals surface area (Å²) in [5.74, 6) is 0.766. The number of hydrogen-bond donors (Lipinski definition) is 1. The Morgan fingerprint density at radius 2 is 2.03 bits per heavy atom. The summed E-state index contributed by atoms with van der Waals surface area (Å²) in [7, 11) is 0. The smallest absolute Gasteiger partial charge is 0.311 e. The van der Waals surface area contributed by atoms with Gasteiger partial charge in [-0.25, -0.2) is 14.5 Å². The molecule has 0 aliphatic carbocycles. The monoisotopic (exact) mass is 460 g/mol. The first kappa shape index (κ1) is 20.8. The average molecular weight is 460 g/mol. The summed E-state index contributed by atoms with van der Waals surface area (Å²) in [4.78, 5) is 47.5. The maximum atomic E-state index is 12.4. The van der Waals surface area contributed by atoms with Crippen LogP contribution >= 0.6 is 0 Å². The summed E-state index contributed by atoms with van der Waals surface area (Å²) >= 11 is 0. The van der Waals surface area contributed by atoms with Crippen LogP contribution in [0.4, 0.5) is 5.82 Å². The highest BCUT2D eigenvalue weighted by molar-refractivity contribution is 6.11. The topological polar surface area (TPSA) is 119 Å². The number of esters is 1. The van der Waals surface area contributed by atoms with Crippen molar-refractivity contribution in [1.82, 2.24) is 24.9 Å². The minimum atomic E-state index is -0.827. The molecule has 1 N–H and O–H groups in total. The van der Waals surface area contributed by atoms with Crippen molar-refractivity contribution in [1.29, 1.82) is 0 Å². The van der Waals surface area contributed by atoms with Crippen molar-refractivity contribution in [2.45, 2.75) is 50.7 Å². The third-order valence-corrected chi connectivity index (χ3v) is 6.97. The van der Waals surface area contributed by atoms with Crippen molar-refractivity contribution >= 4 is 29.1 Å². The maximum Gasteiger partial charge on any atom is 0.311 e. The van der Waals surface area contributed by atoms with Gasteiger partial charge >= 0.3 is 5.97 Å². The van der Waals surface area contributed by atoms with E-state index in [2.05, 4.69) is 15.4 Å². The summed E-state index contributed by atoms with van der Waals surface area (Å²) in [6, 6.07) is 6.06. The average Bonchev–Trinajstić information content (AvgIpc) is 3.43. The molecule has 10 nitrogen and oxygen atoms in total. The molecule has 3 aromatic rings. The normalized spacial score (nSPS) is 23.5. The molecule has 0 radical (unpaired) electrons. The number of rotatable bonds is 3. The van der Waals surface area contributed by atoms with Gasteiger partial charge in [0.05, 0.1) is 12.8 Å². The standard InChI is InChI=1S/C24H24N6O4/c1-23(2)16-4-3-14(9-15(16)11-20(33)34-23)10-18-26-22-21(25-6-8-30(22)28-18)29-7-5-24(13-29)17(31)12-19(32)27-24/h3-4,6,8-9H,5,7,10-13H2,1-2H3,(H,27,32). The second-order valence-corrected chi connectivity index (χ2v) is 9.78. The first-order valence-corrected chi connectivity index (χ1v) is 11.4. The van der Waals surface area contributed by atoms with Crippen molar-refractivity contribution in [3.63, 3.8) is 0 Å². The van der Waals surface area contributed by atoms with Gasteiger partial charge in [-0.05, 0) is 37.0 Å². The van der Waals surface area contributed by atoms with E-state index < -0.39 is 11.1 Å². The largest absolute Gasteiger partial charge is 0.455 e. The van der Waals surface area contributed by atoms with Crippen molar-refractivity contribution in [3.05, 3.63) is 53.1 Å². The fraction of sp³-hybridized carbons (Fsp3) is 0.417. The molecule has 0 bridgehead atoms. The number of fused-ring (bicyclic) bond motifs is 2. The number of nitrogens with one attached hydrogen (secondary N) is 1. The van der Waals surface area contributed by atoms with Crippen molar-refractivity contribution in [2.24, 2.45) is 0 Å². The van der Waals surface area contributed by atoms with Gasteiger partial charge in [0.15, 0.2) is 23.1 Å². The Kier molecular flexibility index (Phi) is 4.33. The van der Waals surface area contributed by atoms with Crippen LogP contribution in [-0.2, 0) is 37.6 Å². The predicted molar refractivity (Wildman–Crippen MR) is 120 cm³/mol. The Bertz CT molecular complexity index is 1380. The first-order valence-electron chi connectivity index (χ1n) is 11.4. The van der Waals surface area contributed by atoms with Gasteiger partial charge in [0.1, 0.15) is 11.1 Å². The van der Waals surface area contributed by atoms with Crippen LogP contribution in [0.3, 0.4) is 0 Å². The van der Waals surface area contributed by atoms with Crippen molar-refractivity contribution in [2.75, 3.05) is 18.0 Å². The molecule has 0 saturated carbocycles. The highest BCUT2D eigenvalue weighted by Gasteiger charge is 2.50. The number of cyclic esters (lactones) is 1. The van der Waals surface area contributed by atoms with Gasteiger partial charge in [-0.2, -0.15) is 5.10 Å². The molecule has 1 unspecified atom stereocenters. The van der Waals surface area contributed by atoms with Gasteiger partial charge in [0, 0.05) is 31.9 Å². The third-order valence-electron chi connectivity index (χ3n) is 6.97. The van der Waals surface area contributed by atoms with Crippen LogP contribution < -0.4 is 10.2 Å². The van der Waals surface area contributed by atoms with E-state index in [1.807, 2.05) is 36.9 Å². The lowest BCUT2D eigenvalue weighted by Crippen LogP contribution is -2.48. The Hall–Kier alpha value is -3.82. The van der Waals surface area contributed by atoms with Gasteiger partial charge in [0.2, 0.25) is 5.91 Å². The molecule has 1 spiro atoms. The molecule has 34 heavy (non-hydrogen) atoms. The highest BCUT2D eigenvalue weighted by atomic mass is 16.6. The summed E-state index contributed by atoms with van der Waals surface area (Å²) in [5, 5.41) is 7.49. The van der Waals surface area contributed by atoms with E-state index in [4.69, 9.17) is 9.72 Å². The van der Waals surface area contributed by atoms with Crippen LogP contribution in [0.1, 0.15) is 49.2 Å².